The first kappa shape index (κ1) is 19.9. The Bertz CT molecular complexity index is 1210. The molecular formula is C18H19ClN6O3S2. The minimum atomic E-state index is -3.69. The Balaban J connectivity index is 1.29. The van der Waals surface area contributed by atoms with Gasteiger partial charge in [0.25, 0.3) is 15.9 Å². The number of hydrogen-bond acceptors (Lipinski definition) is 7. The molecule has 1 fully saturated rings. The first-order valence-electron chi connectivity index (χ1n) is 9.44. The molecule has 12 heteroatoms. The molecule has 2 aliphatic rings. The van der Waals surface area contributed by atoms with Crippen LogP contribution in [0.15, 0.2) is 29.3 Å². The number of nitrogens with one attached hydrogen (secondary N) is 3. The van der Waals surface area contributed by atoms with Gasteiger partial charge in [0.05, 0.1) is 12.2 Å². The van der Waals surface area contributed by atoms with E-state index in [2.05, 4.69) is 20.8 Å². The number of aromatic amines is 1. The third-order valence-electron chi connectivity index (χ3n) is 5.29. The molecule has 3 aromatic rings. The van der Waals surface area contributed by atoms with E-state index in [1.165, 1.54) is 15.6 Å². The summed E-state index contributed by atoms with van der Waals surface area (Å²) in [4.78, 5) is 23.0. The van der Waals surface area contributed by atoms with Gasteiger partial charge in [-0.15, -0.1) is 11.3 Å². The van der Waals surface area contributed by atoms with Crippen molar-refractivity contribution in [2.45, 2.75) is 18.1 Å². The van der Waals surface area contributed by atoms with E-state index >= 15 is 0 Å². The SMILES string of the molecule is O=C(c1nc2c(s1)CNNC2)N1CCN(S(=O)(=O)c2cc3cc(Cl)ccc3[nH]2)CC1. The summed E-state index contributed by atoms with van der Waals surface area (Å²) >= 11 is 7.39. The van der Waals surface area contributed by atoms with Crippen molar-refractivity contribution < 1.29 is 13.2 Å². The van der Waals surface area contributed by atoms with Crippen LogP contribution in [-0.2, 0) is 23.1 Å². The number of halogens is 1. The number of piperazine rings is 1. The molecule has 0 radical (unpaired) electrons. The molecule has 0 saturated carbocycles. The van der Waals surface area contributed by atoms with Crippen molar-refractivity contribution in [3.05, 3.63) is 44.9 Å². The Kier molecular flexibility index (Phi) is 5.04. The molecule has 9 nitrogen and oxygen atoms in total. The van der Waals surface area contributed by atoms with Gasteiger partial charge in [-0.2, -0.15) is 4.31 Å². The average Bonchev–Trinajstić information content (AvgIpc) is 3.37. The molecule has 0 bridgehead atoms. The predicted octanol–water partition coefficient (Wildman–Crippen LogP) is 1.53. The summed E-state index contributed by atoms with van der Waals surface area (Å²) in [7, 11) is -3.69. The highest BCUT2D eigenvalue weighted by atomic mass is 35.5. The smallest absolute Gasteiger partial charge is 0.282 e. The predicted molar refractivity (Wildman–Crippen MR) is 114 cm³/mol. The molecule has 2 aliphatic heterocycles. The van der Waals surface area contributed by atoms with Gasteiger partial charge in [0.2, 0.25) is 0 Å². The molecule has 5 rings (SSSR count). The van der Waals surface area contributed by atoms with Crippen LogP contribution in [0, 0.1) is 0 Å². The number of hydrogen-bond donors (Lipinski definition) is 3. The second-order valence-corrected chi connectivity index (χ2v) is 10.6. The van der Waals surface area contributed by atoms with Crippen LogP contribution in [0.1, 0.15) is 20.4 Å². The highest BCUT2D eigenvalue weighted by Crippen LogP contribution is 2.26. The van der Waals surface area contributed by atoms with Crippen LogP contribution >= 0.6 is 22.9 Å². The van der Waals surface area contributed by atoms with E-state index in [9.17, 15) is 13.2 Å². The van der Waals surface area contributed by atoms with E-state index in [1.54, 1.807) is 29.2 Å². The van der Waals surface area contributed by atoms with Gasteiger partial charge in [-0.05, 0) is 24.3 Å². The maximum absolute atomic E-state index is 13.1. The van der Waals surface area contributed by atoms with Crippen LogP contribution in [0.4, 0.5) is 0 Å². The number of hydrazine groups is 1. The molecule has 2 aromatic heterocycles. The Morgan fingerprint density at radius 3 is 2.63 bits per heavy atom. The molecule has 158 valence electrons. The monoisotopic (exact) mass is 466 g/mol. The lowest BCUT2D eigenvalue weighted by atomic mass is 10.2. The maximum atomic E-state index is 13.1. The number of carbonyl (C=O) groups is 1. The van der Waals surface area contributed by atoms with Crippen molar-refractivity contribution in [2.24, 2.45) is 0 Å². The quantitative estimate of drug-likeness (QED) is 0.540. The Hall–Kier alpha value is -2.02. The maximum Gasteiger partial charge on any atom is 0.282 e. The van der Waals surface area contributed by atoms with Crippen LogP contribution in [0.2, 0.25) is 5.02 Å². The average molecular weight is 467 g/mol. The summed E-state index contributed by atoms with van der Waals surface area (Å²) in [5, 5.41) is 1.88. The molecule has 1 amide bonds. The van der Waals surface area contributed by atoms with Gasteiger partial charge in [-0.3, -0.25) is 15.6 Å². The number of nitrogens with zero attached hydrogens (tertiary/aromatic N) is 3. The van der Waals surface area contributed by atoms with Gasteiger partial charge < -0.3 is 9.88 Å². The van der Waals surface area contributed by atoms with Crippen molar-refractivity contribution in [3.63, 3.8) is 0 Å². The zero-order valence-electron chi connectivity index (χ0n) is 15.8. The second-order valence-electron chi connectivity index (χ2n) is 7.16. The van der Waals surface area contributed by atoms with E-state index in [4.69, 9.17) is 11.6 Å². The number of carbonyl (C=O) groups excluding carboxylic acids is 1. The first-order chi connectivity index (χ1) is 14.4. The van der Waals surface area contributed by atoms with E-state index in [-0.39, 0.29) is 24.0 Å². The molecule has 0 atom stereocenters. The highest BCUT2D eigenvalue weighted by molar-refractivity contribution is 7.89. The molecule has 1 saturated heterocycles. The summed E-state index contributed by atoms with van der Waals surface area (Å²) in [6.07, 6.45) is 0. The van der Waals surface area contributed by atoms with Gasteiger partial charge in [0.1, 0.15) is 5.03 Å². The lowest BCUT2D eigenvalue weighted by Gasteiger charge is -2.33. The number of benzene rings is 1. The minimum absolute atomic E-state index is 0.132. The molecule has 3 N–H and O–H groups in total. The third-order valence-corrected chi connectivity index (χ3v) is 8.43. The number of rotatable bonds is 3. The number of aromatic nitrogens is 2. The van der Waals surface area contributed by atoms with Crippen LogP contribution < -0.4 is 10.9 Å². The molecular weight excluding hydrogens is 448 g/mol. The molecule has 30 heavy (non-hydrogen) atoms. The van der Waals surface area contributed by atoms with Crippen molar-refractivity contribution >= 4 is 49.8 Å². The molecule has 4 heterocycles. The van der Waals surface area contributed by atoms with E-state index in [0.29, 0.717) is 41.7 Å². The number of thiazole rings is 1. The molecule has 1 aromatic carbocycles. The number of amides is 1. The normalized spacial score (nSPS) is 18.0. The van der Waals surface area contributed by atoms with Crippen LogP contribution in [-0.4, -0.2) is 59.7 Å². The zero-order chi connectivity index (χ0) is 20.9. The standard InChI is InChI=1S/C18H19ClN6O3S2/c19-12-1-2-13-11(7-12)8-16(22-13)30(27,28)25-5-3-24(4-6-25)18(26)17-23-14-9-20-21-10-15(14)29-17/h1-2,7-8,20-22H,3-6,9-10H2. The highest BCUT2D eigenvalue weighted by Gasteiger charge is 2.32. The summed E-state index contributed by atoms with van der Waals surface area (Å²) in [6, 6.07) is 6.79. The van der Waals surface area contributed by atoms with Crippen LogP contribution in [0.3, 0.4) is 0 Å². The topological polar surface area (TPSA) is 110 Å². The Morgan fingerprint density at radius 1 is 1.10 bits per heavy atom. The Labute approximate surface area is 182 Å². The van der Waals surface area contributed by atoms with Crippen LogP contribution in [0.25, 0.3) is 10.9 Å². The van der Waals surface area contributed by atoms with Crippen molar-refractivity contribution in [1.82, 2.24) is 30.0 Å². The largest absolute Gasteiger partial charge is 0.345 e. The Morgan fingerprint density at radius 2 is 1.87 bits per heavy atom. The van der Waals surface area contributed by atoms with Crippen molar-refractivity contribution in [1.29, 1.82) is 0 Å². The fourth-order valence-electron chi connectivity index (χ4n) is 3.66. The third kappa shape index (κ3) is 3.51. The number of sulfonamides is 1. The first-order valence-corrected chi connectivity index (χ1v) is 12.1. The van der Waals surface area contributed by atoms with E-state index in [0.717, 1.165) is 16.0 Å². The lowest BCUT2D eigenvalue weighted by Crippen LogP contribution is -2.50. The molecule has 0 unspecified atom stereocenters. The summed E-state index contributed by atoms with van der Waals surface area (Å²) in [5.41, 5.74) is 7.65. The fraction of sp³-hybridized carbons (Fsp3) is 0.333. The summed E-state index contributed by atoms with van der Waals surface area (Å²) < 4.78 is 27.5. The van der Waals surface area contributed by atoms with Crippen molar-refractivity contribution in [2.75, 3.05) is 26.2 Å². The van der Waals surface area contributed by atoms with E-state index < -0.39 is 10.0 Å². The van der Waals surface area contributed by atoms with Gasteiger partial charge >= 0.3 is 0 Å². The number of H-pyrrole nitrogens is 1. The van der Waals surface area contributed by atoms with Crippen molar-refractivity contribution in [3.8, 4) is 0 Å². The van der Waals surface area contributed by atoms with Gasteiger partial charge in [0, 0.05) is 53.5 Å². The molecule has 0 aliphatic carbocycles. The van der Waals surface area contributed by atoms with Gasteiger partial charge in [-0.25, -0.2) is 13.4 Å². The zero-order valence-corrected chi connectivity index (χ0v) is 18.2. The van der Waals surface area contributed by atoms with Crippen LogP contribution in [0.5, 0.6) is 0 Å². The lowest BCUT2D eigenvalue weighted by molar-refractivity contribution is 0.0697. The fourth-order valence-corrected chi connectivity index (χ4v) is 6.26. The van der Waals surface area contributed by atoms with Gasteiger partial charge in [0.15, 0.2) is 5.01 Å². The summed E-state index contributed by atoms with van der Waals surface area (Å²) in [5.74, 6) is -0.147. The van der Waals surface area contributed by atoms with Gasteiger partial charge in [-0.1, -0.05) is 11.6 Å². The minimum Gasteiger partial charge on any atom is -0.345 e. The molecule has 0 spiro atoms. The van der Waals surface area contributed by atoms with E-state index in [1.807, 2.05) is 0 Å². The summed E-state index contributed by atoms with van der Waals surface area (Å²) in [6.45, 7) is 2.34. The number of fused-ring (bicyclic) bond motifs is 2. The second kappa shape index (κ2) is 7.59.